The topological polar surface area (TPSA) is 34.1 Å². The number of hydrogen-bond donors (Lipinski definition) is 1. The van der Waals surface area contributed by atoms with Crippen molar-refractivity contribution in [3.8, 4) is 5.75 Å². The Morgan fingerprint density at radius 1 is 1.44 bits per heavy atom. The average molecular weight is 220 g/mol. The maximum Gasteiger partial charge on any atom is 0.137 e. The summed E-state index contributed by atoms with van der Waals surface area (Å²) in [5.41, 5.74) is 1.39. The summed E-state index contributed by atoms with van der Waals surface area (Å²) in [6, 6.07) is 2.12. The van der Waals surface area contributed by atoms with Crippen molar-refractivity contribution in [2.75, 3.05) is 13.2 Å². The summed E-state index contributed by atoms with van der Waals surface area (Å²) in [6.45, 7) is 6.02. The maximum atomic E-state index is 5.51. The third-order valence-electron chi connectivity index (χ3n) is 3.42. The van der Waals surface area contributed by atoms with E-state index in [-0.39, 0.29) is 5.54 Å². The van der Waals surface area contributed by atoms with Gasteiger partial charge in [0.15, 0.2) is 0 Å². The lowest BCUT2D eigenvalue weighted by Gasteiger charge is -2.28. The molecule has 1 saturated heterocycles. The van der Waals surface area contributed by atoms with Crippen LogP contribution in [0.1, 0.15) is 38.7 Å². The summed E-state index contributed by atoms with van der Waals surface area (Å²) < 4.78 is 5.51. The monoisotopic (exact) mass is 220 g/mol. The third kappa shape index (κ3) is 2.05. The molecule has 0 amide bonds. The van der Waals surface area contributed by atoms with Crippen LogP contribution in [0.3, 0.4) is 0 Å². The van der Waals surface area contributed by atoms with Gasteiger partial charge in [0.1, 0.15) is 5.75 Å². The van der Waals surface area contributed by atoms with Crippen molar-refractivity contribution in [1.29, 1.82) is 0 Å². The molecule has 1 unspecified atom stereocenters. The first-order chi connectivity index (χ1) is 7.80. The summed E-state index contributed by atoms with van der Waals surface area (Å²) in [4.78, 5) is 4.28. The summed E-state index contributed by atoms with van der Waals surface area (Å²) in [5.74, 6) is 0.876. The molecule has 0 bridgehead atoms. The van der Waals surface area contributed by atoms with E-state index in [0.29, 0.717) is 6.61 Å². The standard InChI is InChI=1S/C13H20N2O/c1-3-13(6-5-7-15-13)11-8-12(16-4-2)10-14-9-11/h8-10,15H,3-7H2,1-2H3. The van der Waals surface area contributed by atoms with Crippen molar-refractivity contribution < 1.29 is 4.74 Å². The van der Waals surface area contributed by atoms with Gasteiger partial charge in [-0.05, 0) is 44.4 Å². The third-order valence-corrected chi connectivity index (χ3v) is 3.42. The molecule has 1 aromatic rings. The fraction of sp³-hybridized carbons (Fsp3) is 0.615. The second kappa shape index (κ2) is 4.83. The lowest BCUT2D eigenvalue weighted by atomic mass is 9.87. The average Bonchev–Trinajstić information content (AvgIpc) is 2.80. The largest absolute Gasteiger partial charge is 0.492 e. The van der Waals surface area contributed by atoms with Crippen LogP contribution in [0.4, 0.5) is 0 Å². The molecule has 0 aromatic carbocycles. The minimum atomic E-state index is 0.125. The van der Waals surface area contributed by atoms with Crippen LogP contribution in [-0.4, -0.2) is 18.1 Å². The van der Waals surface area contributed by atoms with E-state index in [9.17, 15) is 0 Å². The van der Waals surface area contributed by atoms with E-state index in [1.807, 2.05) is 13.1 Å². The highest BCUT2D eigenvalue weighted by atomic mass is 16.5. The van der Waals surface area contributed by atoms with Gasteiger partial charge >= 0.3 is 0 Å². The molecule has 0 saturated carbocycles. The highest BCUT2D eigenvalue weighted by molar-refractivity contribution is 5.30. The SMILES string of the molecule is CCOc1cncc(C2(CC)CCCN2)c1. The van der Waals surface area contributed by atoms with Crippen molar-refractivity contribution >= 4 is 0 Å². The summed E-state index contributed by atoms with van der Waals surface area (Å²) in [7, 11) is 0. The number of ether oxygens (including phenoxy) is 1. The molecule has 0 spiro atoms. The van der Waals surface area contributed by atoms with Crippen LogP contribution < -0.4 is 10.1 Å². The van der Waals surface area contributed by atoms with E-state index < -0.39 is 0 Å². The van der Waals surface area contributed by atoms with Crippen LogP contribution >= 0.6 is 0 Å². The second-order valence-electron chi connectivity index (χ2n) is 4.31. The molecule has 88 valence electrons. The fourth-order valence-corrected chi connectivity index (χ4v) is 2.48. The Morgan fingerprint density at radius 2 is 2.31 bits per heavy atom. The normalized spacial score (nSPS) is 24.6. The van der Waals surface area contributed by atoms with Crippen LogP contribution in [0.25, 0.3) is 0 Å². The lowest BCUT2D eigenvalue weighted by Crippen LogP contribution is -2.36. The number of aromatic nitrogens is 1. The van der Waals surface area contributed by atoms with Crippen LogP contribution in [-0.2, 0) is 5.54 Å². The Labute approximate surface area is 97.2 Å². The zero-order chi connectivity index (χ0) is 11.4. The molecular formula is C13H20N2O. The molecule has 3 nitrogen and oxygen atoms in total. The summed E-state index contributed by atoms with van der Waals surface area (Å²) >= 11 is 0. The van der Waals surface area contributed by atoms with Crippen LogP contribution in [0, 0.1) is 0 Å². The number of pyridine rings is 1. The minimum absolute atomic E-state index is 0.125. The van der Waals surface area contributed by atoms with E-state index in [1.54, 1.807) is 6.20 Å². The number of nitrogens with one attached hydrogen (secondary N) is 1. The molecule has 1 N–H and O–H groups in total. The fourth-order valence-electron chi connectivity index (χ4n) is 2.48. The van der Waals surface area contributed by atoms with Gasteiger partial charge in [-0.2, -0.15) is 0 Å². The molecular weight excluding hydrogens is 200 g/mol. The molecule has 3 heteroatoms. The van der Waals surface area contributed by atoms with Crippen LogP contribution in [0.15, 0.2) is 18.5 Å². The van der Waals surface area contributed by atoms with Gasteiger partial charge in [-0.1, -0.05) is 6.92 Å². The molecule has 16 heavy (non-hydrogen) atoms. The molecule has 0 aliphatic carbocycles. The van der Waals surface area contributed by atoms with Gasteiger partial charge in [0.25, 0.3) is 0 Å². The van der Waals surface area contributed by atoms with E-state index in [4.69, 9.17) is 4.74 Å². The summed E-state index contributed by atoms with van der Waals surface area (Å²) in [5, 5.41) is 3.61. The van der Waals surface area contributed by atoms with Gasteiger partial charge in [0, 0.05) is 11.7 Å². The quantitative estimate of drug-likeness (QED) is 0.846. The molecule has 2 rings (SSSR count). The zero-order valence-electron chi connectivity index (χ0n) is 10.1. The van der Waals surface area contributed by atoms with E-state index in [0.717, 1.165) is 18.7 Å². The minimum Gasteiger partial charge on any atom is -0.492 e. The number of nitrogens with zero attached hydrogens (tertiary/aromatic N) is 1. The number of hydrogen-bond acceptors (Lipinski definition) is 3. The Bertz CT molecular complexity index is 346. The van der Waals surface area contributed by atoms with Gasteiger partial charge in [-0.3, -0.25) is 4.98 Å². The maximum absolute atomic E-state index is 5.51. The van der Waals surface area contributed by atoms with Crippen molar-refractivity contribution in [2.24, 2.45) is 0 Å². The molecule has 1 fully saturated rings. The van der Waals surface area contributed by atoms with Crippen molar-refractivity contribution in [3.63, 3.8) is 0 Å². The Morgan fingerprint density at radius 3 is 2.94 bits per heavy atom. The highest BCUT2D eigenvalue weighted by Crippen LogP contribution is 2.34. The Balaban J connectivity index is 2.27. The van der Waals surface area contributed by atoms with Crippen LogP contribution in [0.5, 0.6) is 5.75 Å². The first kappa shape index (κ1) is 11.4. The number of rotatable bonds is 4. The molecule has 1 atom stereocenters. The second-order valence-corrected chi connectivity index (χ2v) is 4.31. The highest BCUT2D eigenvalue weighted by Gasteiger charge is 2.33. The molecule has 1 aliphatic heterocycles. The molecule has 1 aromatic heterocycles. The van der Waals surface area contributed by atoms with Crippen molar-refractivity contribution in [2.45, 2.75) is 38.6 Å². The van der Waals surface area contributed by atoms with Gasteiger partial charge in [-0.25, -0.2) is 0 Å². The van der Waals surface area contributed by atoms with Gasteiger partial charge in [0.2, 0.25) is 0 Å². The Hall–Kier alpha value is -1.09. The smallest absolute Gasteiger partial charge is 0.137 e. The van der Waals surface area contributed by atoms with E-state index in [1.165, 1.54) is 18.4 Å². The predicted molar refractivity (Wildman–Crippen MR) is 64.6 cm³/mol. The molecule has 1 aliphatic rings. The molecule has 0 radical (unpaired) electrons. The van der Waals surface area contributed by atoms with Crippen molar-refractivity contribution in [3.05, 3.63) is 24.0 Å². The summed E-state index contributed by atoms with van der Waals surface area (Å²) in [6.07, 6.45) is 7.29. The first-order valence-corrected chi connectivity index (χ1v) is 6.14. The lowest BCUT2D eigenvalue weighted by molar-refractivity contribution is 0.332. The van der Waals surface area contributed by atoms with Crippen LogP contribution in [0.2, 0.25) is 0 Å². The van der Waals surface area contributed by atoms with Crippen molar-refractivity contribution in [1.82, 2.24) is 10.3 Å². The van der Waals surface area contributed by atoms with E-state index in [2.05, 4.69) is 23.3 Å². The van der Waals surface area contributed by atoms with Gasteiger partial charge in [-0.15, -0.1) is 0 Å². The molecule has 2 heterocycles. The van der Waals surface area contributed by atoms with Gasteiger partial charge in [0.05, 0.1) is 12.8 Å². The zero-order valence-corrected chi connectivity index (χ0v) is 10.1. The first-order valence-electron chi connectivity index (χ1n) is 6.14. The van der Waals surface area contributed by atoms with Gasteiger partial charge < -0.3 is 10.1 Å². The Kier molecular flexibility index (Phi) is 3.44. The van der Waals surface area contributed by atoms with E-state index >= 15 is 0 Å². The predicted octanol–water partition coefficient (Wildman–Crippen LogP) is 2.47.